The van der Waals surface area contributed by atoms with Crippen molar-refractivity contribution in [1.29, 1.82) is 0 Å². The third kappa shape index (κ3) is 3.79. The fraction of sp³-hybridized carbons (Fsp3) is 0.529. The largest absolute Gasteiger partial charge is 0.493 e. The van der Waals surface area contributed by atoms with E-state index in [0.717, 1.165) is 0 Å². The van der Waals surface area contributed by atoms with Crippen LogP contribution in [0.5, 0.6) is 17.2 Å². The fourth-order valence-electron chi connectivity index (χ4n) is 2.91. The van der Waals surface area contributed by atoms with Crippen molar-refractivity contribution in [2.75, 3.05) is 47.5 Å². The Hall–Kier alpha value is -2.48. The summed E-state index contributed by atoms with van der Waals surface area (Å²) in [6, 6.07) is 2.75. The van der Waals surface area contributed by atoms with Crippen molar-refractivity contribution in [2.24, 2.45) is 0 Å². The van der Waals surface area contributed by atoms with Gasteiger partial charge >= 0.3 is 5.97 Å². The first kappa shape index (κ1) is 18.9. The van der Waals surface area contributed by atoms with E-state index < -0.39 is 12.0 Å². The monoisotopic (exact) mass is 352 g/mol. The molecule has 1 aliphatic rings. The van der Waals surface area contributed by atoms with E-state index in [1.807, 2.05) is 4.90 Å². The fourth-order valence-corrected chi connectivity index (χ4v) is 2.91. The number of hydrogen-bond acceptors (Lipinski definition) is 6. The van der Waals surface area contributed by atoms with E-state index in [4.69, 9.17) is 19.3 Å². The number of aliphatic carboxylic acids is 1. The van der Waals surface area contributed by atoms with Crippen molar-refractivity contribution >= 4 is 11.9 Å². The molecule has 138 valence electrons. The van der Waals surface area contributed by atoms with Crippen molar-refractivity contribution in [3.05, 3.63) is 17.7 Å². The van der Waals surface area contributed by atoms with Gasteiger partial charge in [-0.1, -0.05) is 0 Å². The second kappa shape index (κ2) is 8.06. The first-order valence-corrected chi connectivity index (χ1v) is 7.99. The predicted octanol–water partition coefficient (Wildman–Crippen LogP) is 0.943. The van der Waals surface area contributed by atoms with E-state index in [9.17, 15) is 9.59 Å². The lowest BCUT2D eigenvalue weighted by Crippen LogP contribution is -2.53. The Balaban J connectivity index is 2.18. The number of carboxylic acids is 1. The van der Waals surface area contributed by atoms with Gasteiger partial charge in [0.25, 0.3) is 5.91 Å². The summed E-state index contributed by atoms with van der Waals surface area (Å²) in [6.07, 6.45) is 0. The maximum Gasteiger partial charge on any atom is 0.320 e. The van der Waals surface area contributed by atoms with Gasteiger partial charge in [0, 0.05) is 26.2 Å². The molecular weight excluding hydrogens is 328 g/mol. The highest BCUT2D eigenvalue weighted by Gasteiger charge is 2.30. The number of carbonyl (C=O) groups excluding carboxylic acids is 1. The Kier molecular flexibility index (Phi) is 6.08. The topological polar surface area (TPSA) is 88.5 Å². The molecule has 25 heavy (non-hydrogen) atoms. The summed E-state index contributed by atoms with van der Waals surface area (Å²) in [4.78, 5) is 27.5. The summed E-state index contributed by atoms with van der Waals surface area (Å²) < 4.78 is 15.9. The van der Waals surface area contributed by atoms with Crippen LogP contribution in [-0.4, -0.2) is 80.3 Å². The molecule has 1 aliphatic heterocycles. The van der Waals surface area contributed by atoms with Crippen LogP contribution < -0.4 is 14.2 Å². The normalized spacial score (nSPS) is 16.2. The summed E-state index contributed by atoms with van der Waals surface area (Å²) in [6.45, 7) is 3.57. The molecule has 1 atom stereocenters. The summed E-state index contributed by atoms with van der Waals surface area (Å²) in [5.74, 6) is 0.139. The standard InChI is InChI=1S/C17H24N2O6/c1-11(17(21)22)18-7-9-19(10-8-18)16(20)12-5-6-13(23-2)15(25-4)14(12)24-3/h5-6,11H,7-10H2,1-4H3,(H,21,22). The van der Waals surface area contributed by atoms with Crippen molar-refractivity contribution in [3.8, 4) is 17.2 Å². The molecule has 1 amide bonds. The lowest BCUT2D eigenvalue weighted by atomic mass is 10.1. The van der Waals surface area contributed by atoms with Crippen molar-refractivity contribution < 1.29 is 28.9 Å². The third-order valence-corrected chi connectivity index (χ3v) is 4.44. The first-order chi connectivity index (χ1) is 11.9. The van der Waals surface area contributed by atoms with Crippen molar-refractivity contribution in [1.82, 2.24) is 9.80 Å². The lowest BCUT2D eigenvalue weighted by Gasteiger charge is -2.36. The Labute approximate surface area is 146 Å². The lowest BCUT2D eigenvalue weighted by molar-refractivity contribution is -0.143. The molecule has 1 aromatic rings. The third-order valence-electron chi connectivity index (χ3n) is 4.44. The van der Waals surface area contributed by atoms with Gasteiger partial charge in [0.1, 0.15) is 6.04 Å². The van der Waals surface area contributed by atoms with E-state index in [1.54, 1.807) is 24.0 Å². The number of rotatable bonds is 6. The maximum atomic E-state index is 12.9. The van der Waals surface area contributed by atoms with Gasteiger partial charge in [-0.15, -0.1) is 0 Å². The van der Waals surface area contributed by atoms with Crippen LogP contribution in [0.4, 0.5) is 0 Å². The molecule has 0 spiro atoms. The van der Waals surface area contributed by atoms with Gasteiger partial charge in [-0.05, 0) is 19.1 Å². The number of hydrogen-bond donors (Lipinski definition) is 1. The van der Waals surface area contributed by atoms with E-state index in [-0.39, 0.29) is 5.91 Å². The molecule has 8 heteroatoms. The van der Waals surface area contributed by atoms with Crippen LogP contribution in [0.3, 0.4) is 0 Å². The summed E-state index contributed by atoms with van der Waals surface area (Å²) in [5, 5.41) is 9.10. The number of nitrogens with zero attached hydrogens (tertiary/aromatic N) is 2. The van der Waals surface area contributed by atoms with Crippen LogP contribution in [-0.2, 0) is 4.79 Å². The molecule has 1 saturated heterocycles. The zero-order valence-electron chi connectivity index (χ0n) is 14.9. The molecule has 1 aromatic carbocycles. The molecule has 0 aliphatic carbocycles. The van der Waals surface area contributed by atoms with Crippen LogP contribution in [0.2, 0.25) is 0 Å². The number of ether oxygens (including phenoxy) is 3. The second-order valence-electron chi connectivity index (χ2n) is 5.72. The molecule has 1 heterocycles. The molecule has 0 aromatic heterocycles. The smallest absolute Gasteiger partial charge is 0.320 e. The Morgan fingerprint density at radius 2 is 1.60 bits per heavy atom. The van der Waals surface area contributed by atoms with E-state index in [2.05, 4.69) is 0 Å². The molecule has 0 bridgehead atoms. The molecular formula is C17H24N2O6. The number of amides is 1. The summed E-state index contributed by atoms with van der Waals surface area (Å²) in [7, 11) is 4.48. The zero-order chi connectivity index (χ0) is 18.6. The van der Waals surface area contributed by atoms with Crippen LogP contribution in [0.15, 0.2) is 12.1 Å². The summed E-state index contributed by atoms with van der Waals surface area (Å²) >= 11 is 0. The maximum absolute atomic E-state index is 12.9. The number of methoxy groups -OCH3 is 3. The highest BCUT2D eigenvalue weighted by molar-refractivity contribution is 5.98. The highest BCUT2D eigenvalue weighted by atomic mass is 16.5. The van der Waals surface area contributed by atoms with Gasteiger partial charge in [-0.3, -0.25) is 14.5 Å². The average molecular weight is 352 g/mol. The van der Waals surface area contributed by atoms with E-state index in [1.165, 1.54) is 21.3 Å². The number of piperazine rings is 1. The SMILES string of the molecule is COc1ccc(C(=O)N2CCN(C(C)C(=O)O)CC2)c(OC)c1OC. The first-order valence-electron chi connectivity index (χ1n) is 7.99. The molecule has 0 saturated carbocycles. The molecule has 2 rings (SSSR count). The van der Waals surface area contributed by atoms with E-state index >= 15 is 0 Å². The molecule has 0 radical (unpaired) electrons. The van der Waals surface area contributed by atoms with Crippen molar-refractivity contribution in [2.45, 2.75) is 13.0 Å². The molecule has 1 N–H and O–H groups in total. The Morgan fingerprint density at radius 3 is 2.08 bits per heavy atom. The molecule has 8 nitrogen and oxygen atoms in total. The highest BCUT2D eigenvalue weighted by Crippen LogP contribution is 2.40. The Morgan fingerprint density at radius 1 is 1.00 bits per heavy atom. The second-order valence-corrected chi connectivity index (χ2v) is 5.72. The number of benzene rings is 1. The summed E-state index contributed by atoms with van der Waals surface area (Å²) in [5.41, 5.74) is 0.389. The van der Waals surface area contributed by atoms with Gasteiger partial charge in [0.05, 0.1) is 26.9 Å². The predicted molar refractivity (Wildman–Crippen MR) is 90.7 cm³/mol. The minimum atomic E-state index is -0.860. The van der Waals surface area contributed by atoms with Crippen LogP contribution in [0, 0.1) is 0 Å². The minimum absolute atomic E-state index is 0.180. The van der Waals surface area contributed by atoms with Crippen LogP contribution >= 0.6 is 0 Å². The molecule has 1 fully saturated rings. The Bertz CT molecular complexity index is 640. The van der Waals surface area contributed by atoms with Gasteiger partial charge in [-0.25, -0.2) is 0 Å². The number of carboxylic acid groups (broad SMARTS) is 1. The average Bonchev–Trinajstić information content (AvgIpc) is 2.65. The molecule has 1 unspecified atom stereocenters. The number of carbonyl (C=O) groups is 2. The minimum Gasteiger partial charge on any atom is -0.493 e. The van der Waals surface area contributed by atoms with Crippen LogP contribution in [0.25, 0.3) is 0 Å². The zero-order valence-corrected chi connectivity index (χ0v) is 14.9. The van der Waals surface area contributed by atoms with Crippen LogP contribution in [0.1, 0.15) is 17.3 Å². The van der Waals surface area contributed by atoms with Crippen molar-refractivity contribution in [3.63, 3.8) is 0 Å². The van der Waals surface area contributed by atoms with Gasteiger partial charge in [0.2, 0.25) is 5.75 Å². The van der Waals surface area contributed by atoms with Gasteiger partial charge in [-0.2, -0.15) is 0 Å². The quantitative estimate of drug-likeness (QED) is 0.815. The van der Waals surface area contributed by atoms with E-state index in [0.29, 0.717) is 49.0 Å². The van der Waals surface area contributed by atoms with Gasteiger partial charge < -0.3 is 24.2 Å². The van der Waals surface area contributed by atoms with Gasteiger partial charge in [0.15, 0.2) is 11.5 Å².